The lowest BCUT2D eigenvalue weighted by Crippen LogP contribution is -2.14. The fraction of sp³-hybridized carbons (Fsp3) is 0.136. The summed E-state index contributed by atoms with van der Waals surface area (Å²) in [5.41, 5.74) is 4.37. The molecule has 1 N–H and O–H groups in total. The lowest BCUT2D eigenvalue weighted by Gasteiger charge is -2.10. The third kappa shape index (κ3) is 3.97. The highest BCUT2D eigenvalue weighted by atomic mass is 32.2. The lowest BCUT2D eigenvalue weighted by atomic mass is 10.1. The maximum absolute atomic E-state index is 12.8. The van der Waals surface area contributed by atoms with Gasteiger partial charge in [0.25, 0.3) is 10.0 Å². The Bertz CT molecular complexity index is 1350. The molecule has 0 atom stereocenters. The first-order valence-corrected chi connectivity index (χ1v) is 11.4. The van der Waals surface area contributed by atoms with E-state index >= 15 is 0 Å². The zero-order chi connectivity index (χ0) is 20.6. The third-order valence-corrected chi connectivity index (χ3v) is 7.21. The van der Waals surface area contributed by atoms with Gasteiger partial charge in [0.15, 0.2) is 0 Å². The molecule has 0 saturated heterocycles. The van der Waals surface area contributed by atoms with Crippen LogP contribution in [0.2, 0.25) is 0 Å². The molecule has 0 saturated carbocycles. The summed E-state index contributed by atoms with van der Waals surface area (Å²) >= 11 is 1.05. The van der Waals surface area contributed by atoms with Gasteiger partial charge in [-0.3, -0.25) is 14.1 Å². The van der Waals surface area contributed by atoms with E-state index in [1.807, 2.05) is 50.2 Å². The first-order chi connectivity index (χ1) is 13.8. The summed E-state index contributed by atoms with van der Waals surface area (Å²) in [6.07, 6.45) is 0. The van der Waals surface area contributed by atoms with Crippen molar-refractivity contribution in [2.45, 2.75) is 25.3 Å². The van der Waals surface area contributed by atoms with Gasteiger partial charge in [0.05, 0.1) is 21.7 Å². The first kappa shape index (κ1) is 19.4. The monoisotopic (exact) mass is 424 g/mol. The topological polar surface area (TPSA) is 68.2 Å². The molecule has 7 heteroatoms. The summed E-state index contributed by atoms with van der Waals surface area (Å²) in [5, 5.41) is 0. The van der Waals surface area contributed by atoms with Gasteiger partial charge in [-0.25, -0.2) is 8.42 Å². The Balaban J connectivity index is 1.68. The van der Waals surface area contributed by atoms with Crippen molar-refractivity contribution in [2.75, 3.05) is 4.72 Å². The fourth-order valence-electron chi connectivity index (χ4n) is 3.15. The van der Waals surface area contributed by atoms with Gasteiger partial charge in [0.2, 0.25) is 0 Å². The van der Waals surface area contributed by atoms with Gasteiger partial charge in [-0.1, -0.05) is 47.7 Å². The molecule has 0 aliphatic carbocycles. The van der Waals surface area contributed by atoms with Gasteiger partial charge < -0.3 is 0 Å². The predicted molar refractivity (Wildman–Crippen MR) is 118 cm³/mol. The SMILES string of the molecule is Cc1ccc(NS(=O)(=O)c2ccc3c(c2)sc(=O)n3Cc2ccccc2)cc1C. The molecule has 1 aromatic heterocycles. The van der Waals surface area contributed by atoms with Crippen molar-refractivity contribution < 1.29 is 8.42 Å². The standard InChI is InChI=1S/C22H20N2O3S2/c1-15-8-9-18(12-16(15)2)23-29(26,27)19-10-11-20-21(13-19)28-22(25)24(20)14-17-6-4-3-5-7-17/h3-13,23H,14H2,1-2H3. The molecular formula is C22H20N2O3S2. The summed E-state index contributed by atoms with van der Waals surface area (Å²) in [5.74, 6) is 0. The van der Waals surface area contributed by atoms with E-state index in [9.17, 15) is 13.2 Å². The van der Waals surface area contributed by atoms with Crippen molar-refractivity contribution in [3.8, 4) is 0 Å². The van der Waals surface area contributed by atoms with Crippen molar-refractivity contribution >= 4 is 37.3 Å². The highest BCUT2D eigenvalue weighted by molar-refractivity contribution is 7.92. The first-order valence-electron chi connectivity index (χ1n) is 9.11. The number of nitrogens with zero attached hydrogens (tertiary/aromatic N) is 1. The van der Waals surface area contributed by atoms with Crippen LogP contribution in [0.3, 0.4) is 0 Å². The molecule has 29 heavy (non-hydrogen) atoms. The predicted octanol–water partition coefficient (Wildman–Crippen LogP) is 4.53. The van der Waals surface area contributed by atoms with E-state index in [1.165, 1.54) is 0 Å². The van der Waals surface area contributed by atoms with Crippen LogP contribution in [0.15, 0.2) is 76.4 Å². The van der Waals surface area contributed by atoms with Crippen LogP contribution in [0.25, 0.3) is 10.2 Å². The molecule has 5 nitrogen and oxygen atoms in total. The van der Waals surface area contributed by atoms with Crippen LogP contribution < -0.4 is 9.60 Å². The lowest BCUT2D eigenvalue weighted by molar-refractivity contribution is 0.601. The van der Waals surface area contributed by atoms with Crippen LogP contribution >= 0.6 is 11.3 Å². The van der Waals surface area contributed by atoms with Gasteiger partial charge in [-0.15, -0.1) is 0 Å². The van der Waals surface area contributed by atoms with E-state index in [0.717, 1.165) is 33.5 Å². The van der Waals surface area contributed by atoms with Crippen LogP contribution in [0.5, 0.6) is 0 Å². The quantitative estimate of drug-likeness (QED) is 0.512. The maximum atomic E-state index is 12.8. The minimum absolute atomic E-state index is 0.111. The molecule has 0 amide bonds. The Kier molecular flexibility index (Phi) is 5.02. The van der Waals surface area contributed by atoms with Crippen LogP contribution in [0.4, 0.5) is 5.69 Å². The number of hydrogen-bond acceptors (Lipinski definition) is 4. The van der Waals surface area contributed by atoms with Crippen LogP contribution in [-0.2, 0) is 16.6 Å². The summed E-state index contributed by atoms with van der Waals surface area (Å²) < 4.78 is 30.6. The van der Waals surface area contributed by atoms with Crippen LogP contribution in [0, 0.1) is 13.8 Å². The Morgan fingerprint density at radius 2 is 1.69 bits per heavy atom. The Labute approximate surface area is 173 Å². The van der Waals surface area contributed by atoms with Gasteiger partial charge >= 0.3 is 4.87 Å². The van der Waals surface area contributed by atoms with Gasteiger partial charge in [-0.2, -0.15) is 0 Å². The molecule has 0 radical (unpaired) electrons. The number of thiazole rings is 1. The minimum atomic E-state index is -3.75. The van der Waals surface area contributed by atoms with Crippen LogP contribution in [-0.4, -0.2) is 13.0 Å². The van der Waals surface area contributed by atoms with Crippen molar-refractivity contribution in [3.05, 3.63) is 93.1 Å². The average Bonchev–Trinajstić information content (AvgIpc) is 3.00. The molecule has 0 aliphatic heterocycles. The molecule has 4 rings (SSSR count). The number of benzene rings is 3. The molecule has 3 aromatic carbocycles. The Hall–Kier alpha value is -2.90. The molecule has 0 fully saturated rings. The molecular weight excluding hydrogens is 404 g/mol. The van der Waals surface area contributed by atoms with Crippen LogP contribution in [0.1, 0.15) is 16.7 Å². The molecule has 0 spiro atoms. The molecule has 4 aromatic rings. The molecule has 0 aliphatic rings. The highest BCUT2D eigenvalue weighted by Crippen LogP contribution is 2.25. The Morgan fingerprint density at radius 3 is 2.41 bits per heavy atom. The summed E-state index contributed by atoms with van der Waals surface area (Å²) in [7, 11) is -3.75. The number of fused-ring (bicyclic) bond motifs is 1. The van der Waals surface area contributed by atoms with Crippen molar-refractivity contribution in [1.29, 1.82) is 0 Å². The van der Waals surface area contributed by atoms with Crippen molar-refractivity contribution in [1.82, 2.24) is 4.57 Å². The second kappa shape index (κ2) is 7.50. The summed E-state index contributed by atoms with van der Waals surface area (Å²) in [4.78, 5) is 12.5. The van der Waals surface area contributed by atoms with E-state index in [1.54, 1.807) is 34.9 Å². The number of hydrogen-bond donors (Lipinski definition) is 1. The number of sulfonamides is 1. The zero-order valence-corrected chi connectivity index (χ0v) is 17.7. The normalized spacial score (nSPS) is 11.7. The number of aromatic nitrogens is 1. The van der Waals surface area contributed by atoms with Crippen molar-refractivity contribution in [3.63, 3.8) is 0 Å². The van der Waals surface area contributed by atoms with E-state index in [-0.39, 0.29) is 9.77 Å². The highest BCUT2D eigenvalue weighted by Gasteiger charge is 2.17. The van der Waals surface area contributed by atoms with Crippen molar-refractivity contribution in [2.24, 2.45) is 0 Å². The number of aryl methyl sites for hydroxylation is 2. The average molecular weight is 425 g/mol. The smallest absolute Gasteiger partial charge is 0.294 e. The van der Waals surface area contributed by atoms with E-state index < -0.39 is 10.0 Å². The maximum Gasteiger partial charge on any atom is 0.308 e. The third-order valence-electron chi connectivity index (χ3n) is 4.89. The summed E-state index contributed by atoms with van der Waals surface area (Å²) in [6, 6.07) is 19.9. The Morgan fingerprint density at radius 1 is 0.931 bits per heavy atom. The van der Waals surface area contributed by atoms with E-state index in [4.69, 9.17) is 0 Å². The largest absolute Gasteiger partial charge is 0.308 e. The minimum Gasteiger partial charge on any atom is -0.294 e. The molecule has 0 unspecified atom stereocenters. The zero-order valence-electron chi connectivity index (χ0n) is 16.0. The van der Waals surface area contributed by atoms with E-state index in [0.29, 0.717) is 16.9 Å². The molecule has 0 bridgehead atoms. The summed E-state index contributed by atoms with van der Waals surface area (Å²) in [6.45, 7) is 4.36. The number of anilines is 1. The molecule has 1 heterocycles. The second-order valence-corrected chi connectivity index (χ2v) is 9.65. The number of nitrogens with one attached hydrogen (secondary N) is 1. The van der Waals surface area contributed by atoms with E-state index in [2.05, 4.69) is 4.72 Å². The van der Waals surface area contributed by atoms with Gasteiger partial charge in [0.1, 0.15) is 0 Å². The van der Waals surface area contributed by atoms with Gasteiger partial charge in [0, 0.05) is 5.69 Å². The number of rotatable bonds is 5. The second-order valence-electron chi connectivity index (χ2n) is 6.97. The molecule has 148 valence electrons. The van der Waals surface area contributed by atoms with Gasteiger partial charge in [-0.05, 0) is 60.9 Å². The fourth-order valence-corrected chi connectivity index (χ4v) is 5.23.